The summed E-state index contributed by atoms with van der Waals surface area (Å²) in [4.78, 5) is 0. The number of halogens is 3. The van der Waals surface area contributed by atoms with Crippen LogP contribution in [0.4, 0.5) is 13.2 Å². The van der Waals surface area contributed by atoms with Crippen LogP contribution in [0.15, 0.2) is 18.2 Å². The lowest BCUT2D eigenvalue weighted by molar-refractivity contribution is -0.139. The van der Waals surface area contributed by atoms with E-state index in [4.69, 9.17) is 9.47 Å². The molecular formula is C13H17F3O2. The average molecular weight is 262 g/mol. The van der Waals surface area contributed by atoms with Crippen LogP contribution in [0.25, 0.3) is 0 Å². The Balaban J connectivity index is 2.70. The first-order valence-electron chi connectivity index (χ1n) is 5.73. The fourth-order valence-corrected chi connectivity index (χ4v) is 1.43. The number of hydrogen-bond donors (Lipinski definition) is 0. The Morgan fingerprint density at radius 1 is 1.17 bits per heavy atom. The summed E-state index contributed by atoms with van der Waals surface area (Å²) in [7, 11) is 0. The minimum atomic E-state index is -4.40. The average Bonchev–Trinajstić information content (AvgIpc) is 2.24. The van der Waals surface area contributed by atoms with Crippen LogP contribution in [-0.2, 0) is 10.9 Å². The first kappa shape index (κ1) is 14.8. The molecule has 18 heavy (non-hydrogen) atoms. The molecule has 0 aromatic heterocycles. The highest BCUT2D eigenvalue weighted by Gasteiger charge is 2.34. The van der Waals surface area contributed by atoms with Gasteiger partial charge in [-0.1, -0.05) is 11.6 Å². The molecule has 0 saturated heterocycles. The van der Waals surface area contributed by atoms with Crippen LogP contribution in [-0.4, -0.2) is 19.3 Å². The van der Waals surface area contributed by atoms with Crippen molar-refractivity contribution in [3.05, 3.63) is 29.3 Å². The van der Waals surface area contributed by atoms with Gasteiger partial charge in [0.05, 0.1) is 18.3 Å². The second-order valence-corrected chi connectivity index (χ2v) is 4.27. The zero-order valence-corrected chi connectivity index (χ0v) is 10.7. The van der Waals surface area contributed by atoms with E-state index in [0.29, 0.717) is 5.56 Å². The highest BCUT2D eigenvalue weighted by atomic mass is 19.4. The van der Waals surface area contributed by atoms with Gasteiger partial charge in [0.25, 0.3) is 0 Å². The molecule has 0 radical (unpaired) electrons. The number of hydrogen-bond acceptors (Lipinski definition) is 2. The van der Waals surface area contributed by atoms with Crippen molar-refractivity contribution in [1.82, 2.24) is 0 Å². The molecular weight excluding hydrogens is 245 g/mol. The molecule has 0 spiro atoms. The quantitative estimate of drug-likeness (QED) is 0.751. The standard InChI is InChI=1S/C13H17F3O2/c1-9(2)17-6-7-18-12-5-4-10(3)8-11(12)13(14,15)16/h4-5,8-9H,6-7H2,1-3H3. The van der Waals surface area contributed by atoms with E-state index in [9.17, 15) is 13.2 Å². The summed E-state index contributed by atoms with van der Waals surface area (Å²) in [6, 6.07) is 4.01. The lowest BCUT2D eigenvalue weighted by Gasteiger charge is -2.15. The van der Waals surface area contributed by atoms with Crippen molar-refractivity contribution < 1.29 is 22.6 Å². The number of rotatable bonds is 5. The van der Waals surface area contributed by atoms with Gasteiger partial charge in [0.1, 0.15) is 12.4 Å². The van der Waals surface area contributed by atoms with E-state index in [0.717, 1.165) is 6.07 Å². The Morgan fingerprint density at radius 3 is 2.39 bits per heavy atom. The zero-order valence-electron chi connectivity index (χ0n) is 10.7. The molecule has 0 amide bonds. The monoisotopic (exact) mass is 262 g/mol. The molecule has 0 aliphatic carbocycles. The molecule has 0 heterocycles. The topological polar surface area (TPSA) is 18.5 Å². The molecule has 0 unspecified atom stereocenters. The Morgan fingerprint density at radius 2 is 1.83 bits per heavy atom. The van der Waals surface area contributed by atoms with Gasteiger partial charge < -0.3 is 9.47 Å². The van der Waals surface area contributed by atoms with Gasteiger partial charge in [0.2, 0.25) is 0 Å². The van der Waals surface area contributed by atoms with Gasteiger partial charge >= 0.3 is 6.18 Å². The van der Waals surface area contributed by atoms with Gasteiger partial charge in [-0.05, 0) is 32.9 Å². The number of ether oxygens (including phenoxy) is 2. The largest absolute Gasteiger partial charge is 0.491 e. The fraction of sp³-hybridized carbons (Fsp3) is 0.538. The second-order valence-electron chi connectivity index (χ2n) is 4.27. The van der Waals surface area contributed by atoms with Gasteiger partial charge in [-0.2, -0.15) is 13.2 Å². The van der Waals surface area contributed by atoms with Crippen molar-refractivity contribution in [2.45, 2.75) is 33.1 Å². The predicted molar refractivity (Wildman–Crippen MR) is 62.8 cm³/mol. The summed E-state index contributed by atoms with van der Waals surface area (Å²) >= 11 is 0. The Bertz CT molecular complexity index is 386. The Kier molecular flexibility index (Phi) is 5.02. The van der Waals surface area contributed by atoms with Gasteiger partial charge in [-0.15, -0.1) is 0 Å². The summed E-state index contributed by atoms with van der Waals surface area (Å²) in [5, 5.41) is 0. The van der Waals surface area contributed by atoms with E-state index < -0.39 is 11.7 Å². The second kappa shape index (κ2) is 6.09. The van der Waals surface area contributed by atoms with Crippen LogP contribution in [0.1, 0.15) is 25.0 Å². The number of aryl methyl sites for hydroxylation is 1. The first-order chi connectivity index (χ1) is 8.30. The molecule has 1 aromatic carbocycles. The third-order valence-corrected chi connectivity index (χ3v) is 2.23. The molecule has 5 heteroatoms. The van der Waals surface area contributed by atoms with Crippen molar-refractivity contribution in [3.8, 4) is 5.75 Å². The van der Waals surface area contributed by atoms with Crippen molar-refractivity contribution in [1.29, 1.82) is 0 Å². The number of alkyl halides is 3. The van der Waals surface area contributed by atoms with Gasteiger partial charge in [-0.3, -0.25) is 0 Å². The maximum absolute atomic E-state index is 12.8. The first-order valence-corrected chi connectivity index (χ1v) is 5.73. The van der Waals surface area contributed by atoms with Crippen LogP contribution >= 0.6 is 0 Å². The summed E-state index contributed by atoms with van der Waals surface area (Å²) in [6.07, 6.45) is -4.37. The smallest absolute Gasteiger partial charge is 0.419 e. The summed E-state index contributed by atoms with van der Waals surface area (Å²) in [5.41, 5.74) is -0.194. The Hall–Kier alpha value is -1.23. The molecule has 1 rings (SSSR count). The van der Waals surface area contributed by atoms with Crippen LogP contribution < -0.4 is 4.74 Å². The maximum atomic E-state index is 12.8. The molecule has 1 aromatic rings. The molecule has 0 aliphatic rings. The van der Waals surface area contributed by atoms with Crippen LogP contribution in [0, 0.1) is 6.92 Å². The lowest BCUT2D eigenvalue weighted by Crippen LogP contribution is -2.14. The molecule has 0 atom stereocenters. The van der Waals surface area contributed by atoms with Crippen molar-refractivity contribution in [3.63, 3.8) is 0 Å². The summed E-state index contributed by atoms with van der Waals surface area (Å²) in [5.74, 6) is -0.152. The van der Waals surface area contributed by atoms with Crippen LogP contribution in [0.2, 0.25) is 0 Å². The van der Waals surface area contributed by atoms with Crippen molar-refractivity contribution in [2.75, 3.05) is 13.2 Å². The SMILES string of the molecule is Cc1ccc(OCCOC(C)C)c(C(F)(F)F)c1. The third-order valence-electron chi connectivity index (χ3n) is 2.23. The molecule has 0 saturated carbocycles. The van der Waals surface area contributed by atoms with Crippen LogP contribution in [0.5, 0.6) is 5.75 Å². The molecule has 102 valence electrons. The highest BCUT2D eigenvalue weighted by Crippen LogP contribution is 2.36. The van der Waals surface area contributed by atoms with Crippen molar-refractivity contribution in [2.24, 2.45) is 0 Å². The van der Waals surface area contributed by atoms with E-state index in [1.807, 2.05) is 13.8 Å². The molecule has 0 bridgehead atoms. The minimum Gasteiger partial charge on any atom is -0.491 e. The van der Waals surface area contributed by atoms with Gasteiger partial charge in [0, 0.05) is 0 Å². The highest BCUT2D eigenvalue weighted by molar-refractivity contribution is 5.38. The van der Waals surface area contributed by atoms with E-state index in [1.54, 1.807) is 13.0 Å². The minimum absolute atomic E-state index is 0.0358. The van der Waals surface area contributed by atoms with E-state index in [1.165, 1.54) is 6.07 Å². The molecule has 2 nitrogen and oxygen atoms in total. The summed E-state index contributed by atoms with van der Waals surface area (Å²) in [6.45, 7) is 5.69. The molecule has 0 fully saturated rings. The predicted octanol–water partition coefficient (Wildman–Crippen LogP) is 3.82. The fourth-order valence-electron chi connectivity index (χ4n) is 1.43. The Labute approximate surface area is 105 Å². The molecule has 0 N–H and O–H groups in total. The lowest BCUT2D eigenvalue weighted by atomic mass is 10.1. The van der Waals surface area contributed by atoms with Gasteiger partial charge in [0.15, 0.2) is 0 Å². The normalized spacial score (nSPS) is 11.9. The van der Waals surface area contributed by atoms with Crippen molar-refractivity contribution >= 4 is 0 Å². The number of benzene rings is 1. The van der Waals surface area contributed by atoms with E-state index in [2.05, 4.69) is 0 Å². The molecule has 0 aliphatic heterocycles. The van der Waals surface area contributed by atoms with E-state index in [-0.39, 0.29) is 25.1 Å². The van der Waals surface area contributed by atoms with E-state index >= 15 is 0 Å². The zero-order chi connectivity index (χ0) is 13.8. The van der Waals surface area contributed by atoms with Gasteiger partial charge in [-0.25, -0.2) is 0 Å². The van der Waals surface area contributed by atoms with Crippen LogP contribution in [0.3, 0.4) is 0 Å². The summed E-state index contributed by atoms with van der Waals surface area (Å²) < 4.78 is 48.6. The third kappa shape index (κ3) is 4.56. The maximum Gasteiger partial charge on any atom is 0.419 e.